The van der Waals surface area contributed by atoms with Gasteiger partial charge in [-0.3, -0.25) is 4.90 Å². The molecule has 1 aliphatic heterocycles. The fraction of sp³-hybridized carbons (Fsp3) is 0.615. The zero-order chi connectivity index (χ0) is 13.1. The Labute approximate surface area is 118 Å². The van der Waals surface area contributed by atoms with Crippen molar-refractivity contribution in [2.24, 2.45) is 0 Å². The van der Waals surface area contributed by atoms with Gasteiger partial charge >= 0.3 is 0 Å². The summed E-state index contributed by atoms with van der Waals surface area (Å²) in [6.07, 6.45) is 1.32. The van der Waals surface area contributed by atoms with E-state index < -0.39 is 0 Å². The molecule has 0 aromatic carbocycles. The zero-order valence-corrected chi connectivity index (χ0v) is 12.2. The average Bonchev–Trinajstić information content (AvgIpc) is 2.34. The fourth-order valence-electron chi connectivity index (χ4n) is 2.24. The third-order valence-corrected chi connectivity index (χ3v) is 3.84. The summed E-state index contributed by atoms with van der Waals surface area (Å²) in [5.41, 5.74) is 0.844. The molecule has 5 heteroatoms. The Kier molecular flexibility index (Phi) is 4.84. The number of ether oxygens (including phenoxy) is 1. The standard InChI is InChI=1S/C13H18Cl2N2O/c1-3-10-8-18-9(2)6-17(10)7-12-11(14)4-5-13(15)16-12/h4-5,9-10H,3,6-8H2,1-2H3. The van der Waals surface area contributed by atoms with Gasteiger partial charge in [-0.05, 0) is 25.5 Å². The molecule has 0 N–H and O–H groups in total. The van der Waals surface area contributed by atoms with Gasteiger partial charge in [0.25, 0.3) is 0 Å². The Morgan fingerprint density at radius 1 is 1.44 bits per heavy atom. The first-order valence-electron chi connectivity index (χ1n) is 6.26. The van der Waals surface area contributed by atoms with Crippen LogP contribution in [0.25, 0.3) is 0 Å². The van der Waals surface area contributed by atoms with Gasteiger partial charge in [0.2, 0.25) is 0 Å². The fourth-order valence-corrected chi connectivity index (χ4v) is 2.57. The highest BCUT2D eigenvalue weighted by molar-refractivity contribution is 6.32. The lowest BCUT2D eigenvalue weighted by molar-refractivity contribution is -0.0595. The highest BCUT2D eigenvalue weighted by atomic mass is 35.5. The summed E-state index contributed by atoms with van der Waals surface area (Å²) in [6, 6.07) is 3.95. The molecule has 0 aliphatic carbocycles. The third kappa shape index (κ3) is 3.35. The number of morpholine rings is 1. The van der Waals surface area contributed by atoms with Crippen LogP contribution in [0.4, 0.5) is 0 Å². The normalized spacial score (nSPS) is 25.3. The summed E-state index contributed by atoms with van der Waals surface area (Å²) in [5.74, 6) is 0. The Balaban J connectivity index is 2.12. The van der Waals surface area contributed by atoms with Crippen LogP contribution in [-0.2, 0) is 11.3 Å². The topological polar surface area (TPSA) is 25.4 Å². The van der Waals surface area contributed by atoms with Crippen LogP contribution in [0.2, 0.25) is 10.2 Å². The number of rotatable bonds is 3. The predicted octanol–water partition coefficient (Wildman–Crippen LogP) is 3.39. The van der Waals surface area contributed by atoms with E-state index >= 15 is 0 Å². The van der Waals surface area contributed by atoms with Crippen molar-refractivity contribution in [1.82, 2.24) is 9.88 Å². The van der Waals surface area contributed by atoms with Crippen molar-refractivity contribution in [3.63, 3.8) is 0 Å². The van der Waals surface area contributed by atoms with Gasteiger partial charge in [0.05, 0.1) is 23.4 Å². The molecule has 1 aromatic heterocycles. The highest BCUT2D eigenvalue weighted by Crippen LogP contribution is 2.22. The smallest absolute Gasteiger partial charge is 0.129 e. The van der Waals surface area contributed by atoms with Crippen molar-refractivity contribution in [3.05, 3.63) is 28.0 Å². The number of halogens is 2. The van der Waals surface area contributed by atoms with E-state index in [2.05, 4.69) is 23.7 Å². The van der Waals surface area contributed by atoms with E-state index in [1.54, 1.807) is 12.1 Å². The maximum atomic E-state index is 6.16. The van der Waals surface area contributed by atoms with E-state index in [1.165, 1.54) is 0 Å². The van der Waals surface area contributed by atoms with Gasteiger partial charge in [-0.15, -0.1) is 0 Å². The monoisotopic (exact) mass is 288 g/mol. The second kappa shape index (κ2) is 6.20. The van der Waals surface area contributed by atoms with Crippen molar-refractivity contribution in [2.45, 2.75) is 39.0 Å². The maximum absolute atomic E-state index is 6.16. The Bertz CT molecular complexity index is 414. The quantitative estimate of drug-likeness (QED) is 0.798. The number of nitrogens with zero attached hydrogens (tertiary/aromatic N) is 2. The van der Waals surface area contributed by atoms with E-state index in [1.807, 2.05) is 0 Å². The van der Waals surface area contributed by atoms with Gasteiger partial charge in [-0.1, -0.05) is 30.1 Å². The van der Waals surface area contributed by atoms with Crippen LogP contribution in [0.5, 0.6) is 0 Å². The van der Waals surface area contributed by atoms with E-state index in [4.69, 9.17) is 27.9 Å². The first-order valence-corrected chi connectivity index (χ1v) is 7.02. The summed E-state index contributed by atoms with van der Waals surface area (Å²) in [7, 11) is 0. The summed E-state index contributed by atoms with van der Waals surface area (Å²) in [6.45, 7) is 6.67. The molecule has 3 nitrogen and oxygen atoms in total. The first kappa shape index (κ1) is 14.1. The Morgan fingerprint density at radius 2 is 2.22 bits per heavy atom. The number of hydrogen-bond acceptors (Lipinski definition) is 3. The second-order valence-electron chi connectivity index (χ2n) is 4.70. The Morgan fingerprint density at radius 3 is 2.94 bits per heavy atom. The van der Waals surface area contributed by atoms with Crippen LogP contribution in [0.3, 0.4) is 0 Å². The van der Waals surface area contributed by atoms with E-state index in [0.29, 0.717) is 16.2 Å². The zero-order valence-electron chi connectivity index (χ0n) is 10.7. The Hall–Kier alpha value is -0.350. The van der Waals surface area contributed by atoms with E-state index in [-0.39, 0.29) is 6.10 Å². The number of hydrogen-bond donors (Lipinski definition) is 0. The van der Waals surface area contributed by atoms with Gasteiger partial charge in [-0.2, -0.15) is 0 Å². The molecule has 2 heterocycles. The predicted molar refractivity (Wildman–Crippen MR) is 74.2 cm³/mol. The summed E-state index contributed by atoms with van der Waals surface area (Å²) < 4.78 is 5.68. The lowest BCUT2D eigenvalue weighted by atomic mass is 10.1. The molecule has 1 aliphatic rings. The largest absolute Gasteiger partial charge is 0.376 e. The van der Waals surface area contributed by atoms with Crippen LogP contribution in [0.1, 0.15) is 26.0 Å². The molecule has 100 valence electrons. The number of pyridine rings is 1. The van der Waals surface area contributed by atoms with Crippen LogP contribution >= 0.6 is 23.2 Å². The minimum Gasteiger partial charge on any atom is -0.376 e. The SMILES string of the molecule is CCC1COC(C)CN1Cc1nc(Cl)ccc1Cl. The van der Waals surface area contributed by atoms with Gasteiger partial charge in [0, 0.05) is 19.1 Å². The van der Waals surface area contributed by atoms with Crippen LogP contribution in [0, 0.1) is 0 Å². The summed E-state index contributed by atoms with van der Waals surface area (Å²) in [4.78, 5) is 6.69. The number of aromatic nitrogens is 1. The van der Waals surface area contributed by atoms with Crippen LogP contribution < -0.4 is 0 Å². The molecule has 1 saturated heterocycles. The maximum Gasteiger partial charge on any atom is 0.129 e. The molecule has 0 bridgehead atoms. The van der Waals surface area contributed by atoms with Gasteiger partial charge in [-0.25, -0.2) is 4.98 Å². The van der Waals surface area contributed by atoms with Crippen molar-refractivity contribution in [1.29, 1.82) is 0 Å². The first-order chi connectivity index (χ1) is 8.60. The molecule has 0 saturated carbocycles. The minimum absolute atomic E-state index is 0.255. The molecule has 1 aromatic rings. The molecule has 2 unspecified atom stereocenters. The molecule has 18 heavy (non-hydrogen) atoms. The lowest BCUT2D eigenvalue weighted by Gasteiger charge is -2.38. The lowest BCUT2D eigenvalue weighted by Crippen LogP contribution is -2.48. The van der Waals surface area contributed by atoms with E-state index in [9.17, 15) is 0 Å². The van der Waals surface area contributed by atoms with Crippen molar-refractivity contribution >= 4 is 23.2 Å². The van der Waals surface area contributed by atoms with Gasteiger partial charge in [0.1, 0.15) is 5.15 Å². The van der Waals surface area contributed by atoms with Gasteiger partial charge in [0.15, 0.2) is 0 Å². The minimum atomic E-state index is 0.255. The van der Waals surface area contributed by atoms with Crippen LogP contribution in [0.15, 0.2) is 12.1 Å². The molecule has 0 radical (unpaired) electrons. The summed E-state index contributed by atoms with van der Waals surface area (Å²) in [5, 5.41) is 1.16. The second-order valence-corrected chi connectivity index (χ2v) is 5.49. The third-order valence-electron chi connectivity index (χ3n) is 3.29. The molecule has 0 spiro atoms. The van der Waals surface area contributed by atoms with E-state index in [0.717, 1.165) is 31.8 Å². The molecular formula is C13H18Cl2N2O. The van der Waals surface area contributed by atoms with Crippen molar-refractivity contribution in [3.8, 4) is 0 Å². The highest BCUT2D eigenvalue weighted by Gasteiger charge is 2.26. The molecule has 2 atom stereocenters. The average molecular weight is 289 g/mol. The van der Waals surface area contributed by atoms with Crippen molar-refractivity contribution < 1.29 is 4.74 Å². The molecule has 2 rings (SSSR count). The molecule has 1 fully saturated rings. The van der Waals surface area contributed by atoms with Crippen LogP contribution in [-0.4, -0.2) is 35.2 Å². The van der Waals surface area contributed by atoms with Gasteiger partial charge < -0.3 is 4.74 Å². The molecule has 0 amide bonds. The molecular weight excluding hydrogens is 271 g/mol. The summed E-state index contributed by atoms with van der Waals surface area (Å²) >= 11 is 12.1. The van der Waals surface area contributed by atoms with Crippen molar-refractivity contribution in [2.75, 3.05) is 13.2 Å².